The molecular weight excluding hydrogens is 430 g/mol. The summed E-state index contributed by atoms with van der Waals surface area (Å²) in [4.78, 5) is 22.4. The molecule has 0 saturated heterocycles. The average molecular weight is 454 g/mol. The van der Waals surface area contributed by atoms with Crippen LogP contribution in [0.1, 0.15) is 19.0 Å². The summed E-state index contributed by atoms with van der Waals surface area (Å²) in [6.07, 6.45) is 0.869. The monoisotopic (exact) mass is 453 g/mol. The average Bonchev–Trinajstić information content (AvgIpc) is 3.28. The van der Waals surface area contributed by atoms with Crippen molar-refractivity contribution in [1.82, 2.24) is 14.5 Å². The summed E-state index contributed by atoms with van der Waals surface area (Å²) in [5.41, 5.74) is 2.67. The third-order valence-corrected chi connectivity index (χ3v) is 6.76. The normalized spacial score (nSPS) is 11.1. The lowest BCUT2D eigenvalue weighted by atomic mass is 10.2. The van der Waals surface area contributed by atoms with Gasteiger partial charge in [-0.1, -0.05) is 30.8 Å². The summed E-state index contributed by atoms with van der Waals surface area (Å²) in [5.74, 6) is 2.00. The van der Waals surface area contributed by atoms with Crippen molar-refractivity contribution < 1.29 is 9.47 Å². The minimum Gasteiger partial charge on any atom is -0.493 e. The third kappa shape index (κ3) is 4.45. The molecule has 0 atom stereocenters. The number of aromatic nitrogens is 3. The molecule has 6 nitrogen and oxygen atoms in total. The fraction of sp³-hybridized carbons (Fsp3) is 0.261. The van der Waals surface area contributed by atoms with Crippen LogP contribution in [0.25, 0.3) is 21.5 Å². The van der Waals surface area contributed by atoms with Gasteiger partial charge in [0.15, 0.2) is 16.7 Å². The minimum atomic E-state index is 0.0132. The minimum absolute atomic E-state index is 0.0132. The van der Waals surface area contributed by atoms with Crippen molar-refractivity contribution in [2.45, 2.75) is 30.8 Å². The van der Waals surface area contributed by atoms with Crippen LogP contribution in [0, 0.1) is 0 Å². The second-order valence-corrected chi connectivity index (χ2v) is 8.67. The van der Waals surface area contributed by atoms with Crippen LogP contribution in [0.15, 0.2) is 57.8 Å². The molecule has 2 aromatic carbocycles. The molecule has 4 rings (SSSR count). The van der Waals surface area contributed by atoms with Gasteiger partial charge < -0.3 is 9.47 Å². The lowest BCUT2D eigenvalue weighted by Gasteiger charge is -2.11. The predicted octanol–water partition coefficient (Wildman–Crippen LogP) is 5.24. The van der Waals surface area contributed by atoms with Crippen LogP contribution in [0.5, 0.6) is 11.5 Å². The first-order valence-corrected chi connectivity index (χ1v) is 11.8. The van der Waals surface area contributed by atoms with E-state index in [1.165, 1.54) is 0 Å². The number of hydrogen-bond donors (Lipinski definition) is 0. The van der Waals surface area contributed by atoms with Crippen molar-refractivity contribution >= 4 is 34.0 Å². The fourth-order valence-electron chi connectivity index (χ4n) is 3.29. The zero-order valence-electron chi connectivity index (χ0n) is 17.6. The van der Waals surface area contributed by atoms with E-state index in [-0.39, 0.29) is 5.56 Å². The van der Waals surface area contributed by atoms with Gasteiger partial charge in [-0.15, -0.1) is 11.3 Å². The highest BCUT2D eigenvalue weighted by molar-refractivity contribution is 7.98. The molecule has 0 bridgehead atoms. The molecule has 0 aliphatic carbocycles. The van der Waals surface area contributed by atoms with Gasteiger partial charge >= 0.3 is 0 Å². The van der Waals surface area contributed by atoms with Gasteiger partial charge in [0.25, 0.3) is 5.56 Å². The number of para-hydroxylation sites is 1. The molecule has 0 aliphatic heterocycles. The molecule has 4 aromatic rings. The molecule has 0 aliphatic rings. The summed E-state index contributed by atoms with van der Waals surface area (Å²) in [5, 5.41) is 4.34. The number of thioether (sulfide) groups is 1. The van der Waals surface area contributed by atoms with E-state index >= 15 is 0 Å². The number of rotatable bonds is 8. The number of benzene rings is 2. The van der Waals surface area contributed by atoms with Gasteiger partial charge in [-0.25, -0.2) is 9.97 Å². The van der Waals surface area contributed by atoms with E-state index in [2.05, 4.69) is 6.92 Å². The molecular formula is C23H23N3O3S2. The van der Waals surface area contributed by atoms with Crippen molar-refractivity contribution in [3.63, 3.8) is 0 Å². The number of hydrogen-bond acceptors (Lipinski definition) is 7. The number of ether oxygens (including phenoxy) is 2. The SMILES string of the molecule is CCCn1c(SCc2csc(-c3ccc(OC)c(OC)c3)n2)nc2ccccc2c1=O. The number of thiazole rings is 1. The van der Waals surface area contributed by atoms with E-state index in [1.807, 2.05) is 47.8 Å². The Bertz CT molecular complexity index is 1270. The van der Waals surface area contributed by atoms with Gasteiger partial charge in [-0.2, -0.15) is 0 Å². The molecule has 0 saturated carbocycles. The maximum absolute atomic E-state index is 12.9. The maximum Gasteiger partial charge on any atom is 0.262 e. The lowest BCUT2D eigenvalue weighted by Crippen LogP contribution is -2.23. The summed E-state index contributed by atoms with van der Waals surface area (Å²) < 4.78 is 12.5. The Balaban J connectivity index is 1.58. The van der Waals surface area contributed by atoms with Crippen LogP contribution in [-0.4, -0.2) is 28.8 Å². The molecule has 0 amide bonds. The van der Waals surface area contributed by atoms with Gasteiger partial charge in [0.05, 0.1) is 30.8 Å². The number of nitrogens with zero attached hydrogens (tertiary/aromatic N) is 3. The quantitative estimate of drug-likeness (QED) is 0.269. The van der Waals surface area contributed by atoms with Gasteiger partial charge in [-0.3, -0.25) is 9.36 Å². The molecule has 8 heteroatoms. The molecule has 0 unspecified atom stereocenters. The standard InChI is InChI=1S/C23H23N3O3S2/c1-4-11-26-22(27)17-7-5-6-8-18(17)25-23(26)31-14-16-13-30-21(24-16)15-9-10-19(28-2)20(12-15)29-3/h5-10,12-13H,4,11,14H2,1-3H3. The summed E-state index contributed by atoms with van der Waals surface area (Å²) in [7, 11) is 3.24. The largest absolute Gasteiger partial charge is 0.493 e. The molecule has 2 aromatic heterocycles. The van der Waals surface area contributed by atoms with Crippen LogP contribution in [0.3, 0.4) is 0 Å². The van der Waals surface area contributed by atoms with Crippen molar-refractivity contribution in [2.24, 2.45) is 0 Å². The van der Waals surface area contributed by atoms with E-state index in [1.54, 1.807) is 41.9 Å². The maximum atomic E-state index is 12.9. The van der Waals surface area contributed by atoms with Gasteiger partial charge in [-0.05, 0) is 36.8 Å². The first-order chi connectivity index (χ1) is 15.1. The van der Waals surface area contributed by atoms with Crippen molar-refractivity contribution in [2.75, 3.05) is 14.2 Å². The second-order valence-electron chi connectivity index (χ2n) is 6.87. The van der Waals surface area contributed by atoms with E-state index in [0.717, 1.165) is 33.4 Å². The Kier molecular flexibility index (Phi) is 6.58. The Morgan fingerprint density at radius 2 is 1.87 bits per heavy atom. The van der Waals surface area contributed by atoms with Crippen LogP contribution in [0.4, 0.5) is 0 Å². The molecule has 0 spiro atoms. The summed E-state index contributed by atoms with van der Waals surface area (Å²) >= 11 is 3.12. The van der Waals surface area contributed by atoms with E-state index in [0.29, 0.717) is 29.2 Å². The first kappa shape index (κ1) is 21.4. The Hall–Kier alpha value is -2.84. The molecule has 0 N–H and O–H groups in total. The highest BCUT2D eigenvalue weighted by Gasteiger charge is 2.13. The highest BCUT2D eigenvalue weighted by Crippen LogP contribution is 2.34. The lowest BCUT2D eigenvalue weighted by molar-refractivity contribution is 0.355. The molecule has 0 fully saturated rings. The number of fused-ring (bicyclic) bond motifs is 1. The van der Waals surface area contributed by atoms with Crippen molar-refractivity contribution in [1.29, 1.82) is 0 Å². The van der Waals surface area contributed by atoms with E-state index in [9.17, 15) is 4.79 Å². The van der Waals surface area contributed by atoms with Crippen LogP contribution in [-0.2, 0) is 12.3 Å². The third-order valence-electron chi connectivity index (χ3n) is 4.81. The van der Waals surface area contributed by atoms with Gasteiger partial charge in [0.1, 0.15) is 5.01 Å². The van der Waals surface area contributed by atoms with Gasteiger partial charge in [0, 0.05) is 23.2 Å². The van der Waals surface area contributed by atoms with E-state index < -0.39 is 0 Å². The summed E-state index contributed by atoms with van der Waals surface area (Å²) in [6.45, 7) is 2.71. The van der Waals surface area contributed by atoms with Crippen molar-refractivity contribution in [3.8, 4) is 22.1 Å². The fourth-order valence-corrected chi connectivity index (χ4v) is 5.13. The first-order valence-electron chi connectivity index (χ1n) is 9.93. The van der Waals surface area contributed by atoms with Crippen LogP contribution < -0.4 is 15.0 Å². The van der Waals surface area contributed by atoms with Crippen LogP contribution >= 0.6 is 23.1 Å². The second kappa shape index (κ2) is 9.53. The predicted molar refractivity (Wildman–Crippen MR) is 127 cm³/mol. The molecule has 0 radical (unpaired) electrons. The van der Waals surface area contributed by atoms with Crippen molar-refractivity contribution in [3.05, 3.63) is 63.9 Å². The zero-order valence-corrected chi connectivity index (χ0v) is 19.3. The van der Waals surface area contributed by atoms with E-state index in [4.69, 9.17) is 19.4 Å². The molecule has 2 heterocycles. The Morgan fingerprint density at radius 3 is 2.65 bits per heavy atom. The zero-order chi connectivity index (χ0) is 21.8. The van der Waals surface area contributed by atoms with Crippen LogP contribution in [0.2, 0.25) is 0 Å². The number of methoxy groups -OCH3 is 2. The smallest absolute Gasteiger partial charge is 0.262 e. The van der Waals surface area contributed by atoms with Gasteiger partial charge in [0.2, 0.25) is 0 Å². The molecule has 160 valence electrons. The molecule has 31 heavy (non-hydrogen) atoms. The highest BCUT2D eigenvalue weighted by atomic mass is 32.2. The Labute approximate surface area is 188 Å². The topological polar surface area (TPSA) is 66.2 Å². The summed E-state index contributed by atoms with van der Waals surface area (Å²) in [6, 6.07) is 13.3. The Morgan fingerprint density at radius 1 is 1.06 bits per heavy atom.